The van der Waals surface area contributed by atoms with Crippen LogP contribution in [-0.2, 0) is 37.5 Å². The van der Waals surface area contributed by atoms with Crippen molar-refractivity contribution in [1.82, 2.24) is 15.4 Å². The van der Waals surface area contributed by atoms with E-state index in [1.165, 1.54) is 31.4 Å². The van der Waals surface area contributed by atoms with Crippen molar-refractivity contribution < 1.29 is 36.3 Å². The summed E-state index contributed by atoms with van der Waals surface area (Å²) >= 11 is 0. The normalized spacial score (nSPS) is 14.2. The second kappa shape index (κ2) is 15.0. The van der Waals surface area contributed by atoms with Gasteiger partial charge in [-0.25, -0.2) is 21.6 Å². The molecule has 3 aromatic rings. The number of aliphatic hydroxyl groups excluding tert-OH is 1. The van der Waals surface area contributed by atoms with Gasteiger partial charge < -0.3 is 20.5 Å². The number of benzene rings is 3. The van der Waals surface area contributed by atoms with Crippen LogP contribution in [0.1, 0.15) is 42.3 Å². The molecule has 0 aliphatic rings. The lowest BCUT2D eigenvalue weighted by Crippen LogP contribution is -2.55. The number of amides is 2. The zero-order chi connectivity index (χ0) is 33.4. The second-order valence-corrected chi connectivity index (χ2v) is 15.7. The molecule has 3 atom stereocenters. The molecule has 4 N–H and O–H groups in total. The minimum atomic E-state index is -4.15. The highest BCUT2D eigenvalue weighted by Crippen LogP contribution is 2.19. The Labute approximate surface area is 265 Å². The fraction of sp³-hybridized carbons (Fsp3) is 0.375. The quantitative estimate of drug-likeness (QED) is 0.204. The number of sulfone groups is 1. The van der Waals surface area contributed by atoms with E-state index in [1.54, 1.807) is 48.5 Å². The van der Waals surface area contributed by atoms with Crippen molar-refractivity contribution in [3.63, 3.8) is 0 Å². The number of sulfonamides is 1. The molecule has 3 rings (SSSR count). The van der Waals surface area contributed by atoms with Crippen LogP contribution < -0.4 is 20.1 Å². The summed E-state index contributed by atoms with van der Waals surface area (Å²) in [5.41, 5.74) is 1.16. The summed E-state index contributed by atoms with van der Waals surface area (Å²) in [7, 11) is -6.75. The Bertz CT molecular complexity index is 1670. The van der Waals surface area contributed by atoms with E-state index < -0.39 is 55.2 Å². The van der Waals surface area contributed by atoms with Crippen LogP contribution in [-0.4, -0.2) is 76.6 Å². The van der Waals surface area contributed by atoms with Crippen LogP contribution in [0.25, 0.3) is 0 Å². The molecule has 244 valence electrons. The highest BCUT2D eigenvalue weighted by Gasteiger charge is 2.33. The topological polar surface area (TPSA) is 168 Å². The molecule has 11 nitrogen and oxygen atoms in total. The predicted molar refractivity (Wildman–Crippen MR) is 172 cm³/mol. The molecule has 0 radical (unpaired) electrons. The first-order chi connectivity index (χ1) is 21.0. The Morgan fingerprint density at radius 2 is 1.47 bits per heavy atom. The zero-order valence-corrected chi connectivity index (χ0v) is 27.6. The number of ether oxygens (including phenoxy) is 1. The standard InChI is InChI=1S/C32H41N3O8S2/c1-32(2,3)34-30(37)26-14-10-9-13-23(26)20-29(36)27(19-22-11-7-6-8-12-22)33-31(38)28(35-44(5,39)40)21-45(41,42)25-17-15-24(43-4)16-18-25/h6-18,27-29,35-36H,19-21H2,1-5H3,(H,33,38)(H,34,37)/t27-,28+,29+/m0/s1. The van der Waals surface area contributed by atoms with Gasteiger partial charge in [0.25, 0.3) is 5.91 Å². The molecule has 0 bridgehead atoms. The van der Waals surface area contributed by atoms with Crippen LogP contribution in [0.5, 0.6) is 5.75 Å². The number of carbonyl (C=O) groups is 2. The van der Waals surface area contributed by atoms with Gasteiger partial charge in [-0.05, 0) is 68.7 Å². The summed E-state index contributed by atoms with van der Waals surface area (Å²) in [6.07, 6.45) is -0.306. The van der Waals surface area contributed by atoms with E-state index in [1.807, 2.05) is 26.8 Å². The number of rotatable bonds is 14. The summed E-state index contributed by atoms with van der Waals surface area (Å²) < 4.78 is 58.1. The molecule has 0 aromatic heterocycles. The van der Waals surface area contributed by atoms with Crippen LogP contribution in [0.2, 0.25) is 0 Å². The first kappa shape index (κ1) is 35.7. The van der Waals surface area contributed by atoms with Gasteiger partial charge in [-0.2, -0.15) is 0 Å². The fourth-order valence-corrected chi connectivity index (χ4v) is 6.88. The SMILES string of the molecule is COc1ccc(S(=O)(=O)C[C@@H](NS(C)(=O)=O)C(=O)N[C@@H](Cc2ccccc2)[C@H](O)Cc2ccccc2C(=O)NC(C)(C)C)cc1. The Morgan fingerprint density at radius 1 is 0.867 bits per heavy atom. The van der Waals surface area contributed by atoms with E-state index >= 15 is 0 Å². The molecule has 0 fully saturated rings. The number of carbonyl (C=O) groups excluding carboxylic acids is 2. The van der Waals surface area contributed by atoms with Gasteiger partial charge in [-0.3, -0.25) is 9.59 Å². The van der Waals surface area contributed by atoms with Crippen LogP contribution in [0.3, 0.4) is 0 Å². The number of hydrogen-bond donors (Lipinski definition) is 4. The van der Waals surface area contributed by atoms with Crippen molar-refractivity contribution >= 4 is 31.7 Å². The molecule has 0 spiro atoms. The largest absolute Gasteiger partial charge is 0.497 e. The van der Waals surface area contributed by atoms with Gasteiger partial charge in [0.15, 0.2) is 9.84 Å². The number of methoxy groups -OCH3 is 1. The maximum Gasteiger partial charge on any atom is 0.251 e. The second-order valence-electron chi connectivity index (χ2n) is 11.8. The average molecular weight is 660 g/mol. The molecule has 45 heavy (non-hydrogen) atoms. The Morgan fingerprint density at radius 3 is 2.04 bits per heavy atom. The van der Waals surface area contributed by atoms with Crippen molar-refractivity contribution in [1.29, 1.82) is 0 Å². The predicted octanol–water partition coefficient (Wildman–Crippen LogP) is 2.25. The third kappa shape index (κ3) is 11.3. The molecule has 0 aliphatic carbocycles. The van der Waals surface area contributed by atoms with E-state index in [-0.39, 0.29) is 23.6 Å². The molecular formula is C32H41N3O8S2. The first-order valence-corrected chi connectivity index (χ1v) is 17.8. The Balaban J connectivity index is 1.92. The minimum Gasteiger partial charge on any atom is -0.497 e. The Kier molecular flexibility index (Phi) is 11.9. The van der Waals surface area contributed by atoms with E-state index in [0.717, 1.165) is 11.8 Å². The van der Waals surface area contributed by atoms with E-state index in [2.05, 4.69) is 15.4 Å². The van der Waals surface area contributed by atoms with E-state index in [9.17, 15) is 31.5 Å². The summed E-state index contributed by atoms with van der Waals surface area (Å²) in [6, 6.07) is 18.6. The zero-order valence-electron chi connectivity index (χ0n) is 26.0. The number of hydrogen-bond acceptors (Lipinski definition) is 8. The van der Waals surface area contributed by atoms with E-state index in [4.69, 9.17) is 4.74 Å². The van der Waals surface area contributed by atoms with Crippen molar-refractivity contribution in [2.24, 2.45) is 0 Å². The highest BCUT2D eigenvalue weighted by molar-refractivity contribution is 7.91. The molecule has 0 heterocycles. The maximum atomic E-state index is 13.6. The van der Waals surface area contributed by atoms with Crippen molar-refractivity contribution in [2.75, 3.05) is 19.1 Å². The van der Waals surface area contributed by atoms with Crippen molar-refractivity contribution in [3.8, 4) is 5.75 Å². The molecule has 13 heteroatoms. The summed E-state index contributed by atoms with van der Waals surface area (Å²) in [5.74, 6) is -1.71. The van der Waals surface area contributed by atoms with Crippen molar-refractivity contribution in [2.45, 2.75) is 62.2 Å². The Hall–Kier alpha value is -3.78. The fourth-order valence-electron chi connectivity index (χ4n) is 4.65. The lowest BCUT2D eigenvalue weighted by Gasteiger charge is -2.28. The summed E-state index contributed by atoms with van der Waals surface area (Å²) in [6.45, 7) is 5.55. The van der Waals surface area contributed by atoms with E-state index in [0.29, 0.717) is 16.9 Å². The maximum absolute atomic E-state index is 13.6. The van der Waals surface area contributed by atoms with Crippen LogP contribution in [0.4, 0.5) is 0 Å². The summed E-state index contributed by atoms with van der Waals surface area (Å²) in [5, 5.41) is 17.1. The lowest BCUT2D eigenvalue weighted by atomic mass is 9.93. The van der Waals surface area contributed by atoms with Gasteiger partial charge in [-0.1, -0.05) is 48.5 Å². The number of nitrogens with one attached hydrogen (secondary N) is 3. The molecular weight excluding hydrogens is 618 g/mol. The molecule has 0 saturated heterocycles. The molecule has 0 saturated carbocycles. The highest BCUT2D eigenvalue weighted by atomic mass is 32.2. The molecule has 3 aromatic carbocycles. The van der Waals surface area contributed by atoms with Gasteiger partial charge in [0.05, 0.1) is 36.2 Å². The van der Waals surface area contributed by atoms with Crippen LogP contribution in [0, 0.1) is 0 Å². The van der Waals surface area contributed by atoms with Gasteiger partial charge in [0, 0.05) is 17.5 Å². The van der Waals surface area contributed by atoms with Gasteiger partial charge >= 0.3 is 0 Å². The van der Waals surface area contributed by atoms with Crippen molar-refractivity contribution in [3.05, 3.63) is 95.6 Å². The smallest absolute Gasteiger partial charge is 0.251 e. The van der Waals surface area contributed by atoms with Gasteiger partial charge in [0.2, 0.25) is 15.9 Å². The number of aliphatic hydroxyl groups is 1. The third-order valence-corrected chi connectivity index (χ3v) is 9.22. The van der Waals surface area contributed by atoms with Crippen LogP contribution >= 0.6 is 0 Å². The van der Waals surface area contributed by atoms with Gasteiger partial charge in [0.1, 0.15) is 11.8 Å². The van der Waals surface area contributed by atoms with Gasteiger partial charge in [-0.15, -0.1) is 0 Å². The molecule has 2 amide bonds. The third-order valence-electron chi connectivity index (χ3n) is 6.75. The molecule has 0 unspecified atom stereocenters. The first-order valence-electron chi connectivity index (χ1n) is 14.2. The minimum absolute atomic E-state index is 0.0279. The summed E-state index contributed by atoms with van der Waals surface area (Å²) in [4.78, 5) is 26.5. The molecule has 0 aliphatic heterocycles. The lowest BCUT2D eigenvalue weighted by molar-refractivity contribution is -0.123. The monoisotopic (exact) mass is 659 g/mol. The van der Waals surface area contributed by atoms with Crippen LogP contribution in [0.15, 0.2) is 83.8 Å². The average Bonchev–Trinajstić information content (AvgIpc) is 2.95.